The fourth-order valence-corrected chi connectivity index (χ4v) is 8.40. The number of Topliss-reactive ketones (excluding diaryl/α,β-unsaturated/α-hetero) is 2. The van der Waals surface area contributed by atoms with Crippen molar-refractivity contribution in [2.24, 2.45) is 41.2 Å². The maximum atomic E-state index is 13.9. The van der Waals surface area contributed by atoms with E-state index in [1.807, 2.05) is 6.92 Å². The molecule has 0 bridgehead atoms. The van der Waals surface area contributed by atoms with Crippen LogP contribution in [0.3, 0.4) is 0 Å². The smallest absolute Gasteiger partial charge is 0.187 e. The van der Waals surface area contributed by atoms with Gasteiger partial charge in [-0.15, -0.1) is 0 Å². The maximum absolute atomic E-state index is 13.9. The van der Waals surface area contributed by atoms with Gasteiger partial charge in [-0.3, -0.25) is 9.59 Å². The van der Waals surface area contributed by atoms with Crippen LogP contribution in [0.4, 0.5) is 0 Å². The summed E-state index contributed by atoms with van der Waals surface area (Å²) in [6, 6.07) is 0. The molecule has 8 N–H and O–H groups in total. The van der Waals surface area contributed by atoms with Gasteiger partial charge in [-0.05, 0) is 63.3 Å². The number of nitrogens with two attached hydrogens (primary N) is 1. The van der Waals surface area contributed by atoms with Crippen molar-refractivity contribution >= 4 is 11.6 Å². The van der Waals surface area contributed by atoms with Crippen molar-refractivity contribution in [1.82, 2.24) is 5.32 Å². The molecule has 0 spiro atoms. The Kier molecular flexibility index (Phi) is 9.57. The molecule has 0 aromatic heterocycles. The maximum Gasteiger partial charge on any atom is 0.187 e. The molecule has 2 saturated heterocycles. The molecule has 3 aliphatic carbocycles. The summed E-state index contributed by atoms with van der Waals surface area (Å²) < 4.78 is 17.7. The lowest BCUT2D eigenvalue weighted by Crippen LogP contribution is -2.68. The molecule has 5 aliphatic rings. The second-order valence-electron chi connectivity index (χ2n) is 13.3. The van der Waals surface area contributed by atoms with Gasteiger partial charge in [0.1, 0.15) is 35.5 Å². The van der Waals surface area contributed by atoms with E-state index in [4.69, 9.17) is 19.9 Å². The Bertz CT molecular complexity index is 951. The van der Waals surface area contributed by atoms with E-state index in [-0.39, 0.29) is 48.5 Å². The first-order valence-corrected chi connectivity index (χ1v) is 15.3. The molecule has 2 aliphatic heterocycles. The van der Waals surface area contributed by atoms with Crippen LogP contribution in [0.15, 0.2) is 0 Å². The number of nitrogens with one attached hydrogen (secondary N) is 1. The Morgan fingerprint density at radius 1 is 1.05 bits per heavy atom. The molecule has 41 heavy (non-hydrogen) atoms. The van der Waals surface area contributed by atoms with Gasteiger partial charge in [0.2, 0.25) is 0 Å². The first-order chi connectivity index (χ1) is 19.5. The standard InChI is InChI=1S/C29H48N2O10/c1-13-7-16-22(18(33)8-13)25(35)23-17(24(16)34)10-15(39-2)11-19(23)40-28-26(36)27(37)29(38,20(12-32)41-28)5-3-14-4-6-31-21(30)9-14/h13-23,26-28,31-33,36-38H,3-12,30H2,1-2H3. The van der Waals surface area contributed by atoms with Gasteiger partial charge >= 0.3 is 0 Å². The zero-order valence-electron chi connectivity index (χ0n) is 24.0. The lowest BCUT2D eigenvalue weighted by atomic mass is 9.55. The van der Waals surface area contributed by atoms with Gasteiger partial charge < -0.3 is 50.8 Å². The molecule has 3 saturated carbocycles. The predicted octanol–water partition coefficient (Wildman–Crippen LogP) is -1.18. The number of methoxy groups -OCH3 is 1. The number of rotatable bonds is 7. The van der Waals surface area contributed by atoms with Crippen molar-refractivity contribution in [3.8, 4) is 0 Å². The number of aliphatic hydroxyl groups is 5. The quantitative estimate of drug-likeness (QED) is 0.189. The van der Waals surface area contributed by atoms with Crippen LogP contribution in [-0.4, -0.2) is 112 Å². The molecular formula is C29H48N2O10. The molecule has 5 fully saturated rings. The molecule has 12 heteroatoms. The van der Waals surface area contributed by atoms with Crippen molar-refractivity contribution in [3.63, 3.8) is 0 Å². The van der Waals surface area contributed by atoms with Crippen LogP contribution in [0.2, 0.25) is 0 Å². The Labute approximate surface area is 240 Å². The van der Waals surface area contributed by atoms with Crippen LogP contribution in [0.5, 0.6) is 0 Å². The van der Waals surface area contributed by atoms with E-state index in [2.05, 4.69) is 5.32 Å². The molecule has 0 aromatic carbocycles. The highest BCUT2D eigenvalue weighted by atomic mass is 16.7. The molecular weight excluding hydrogens is 536 g/mol. The van der Waals surface area contributed by atoms with E-state index in [0.29, 0.717) is 32.1 Å². The summed E-state index contributed by atoms with van der Waals surface area (Å²) in [5.74, 6) is -2.81. The number of hydrogen-bond acceptors (Lipinski definition) is 12. The minimum absolute atomic E-state index is 0.0639. The van der Waals surface area contributed by atoms with Crippen LogP contribution >= 0.6 is 0 Å². The fraction of sp³-hybridized carbons (Fsp3) is 0.931. The monoisotopic (exact) mass is 584 g/mol. The van der Waals surface area contributed by atoms with E-state index < -0.39 is 72.7 Å². The molecule has 234 valence electrons. The largest absolute Gasteiger partial charge is 0.394 e. The molecule has 0 amide bonds. The zero-order valence-corrected chi connectivity index (χ0v) is 24.0. The van der Waals surface area contributed by atoms with E-state index in [1.54, 1.807) is 0 Å². The van der Waals surface area contributed by atoms with Crippen LogP contribution in [0, 0.1) is 35.5 Å². The Morgan fingerprint density at radius 2 is 1.78 bits per heavy atom. The van der Waals surface area contributed by atoms with Crippen LogP contribution < -0.4 is 11.1 Å². The molecule has 0 aromatic rings. The van der Waals surface area contributed by atoms with Gasteiger partial charge in [0, 0.05) is 25.4 Å². The summed E-state index contributed by atoms with van der Waals surface area (Å²) >= 11 is 0. The molecule has 5 rings (SSSR count). The lowest BCUT2D eigenvalue weighted by molar-refractivity contribution is -0.346. The van der Waals surface area contributed by atoms with Crippen LogP contribution in [0.1, 0.15) is 58.3 Å². The van der Waals surface area contributed by atoms with Crippen LogP contribution in [-0.2, 0) is 23.8 Å². The van der Waals surface area contributed by atoms with E-state index in [1.165, 1.54) is 7.11 Å². The lowest BCUT2D eigenvalue weighted by Gasteiger charge is -2.52. The highest BCUT2D eigenvalue weighted by molar-refractivity contribution is 6.00. The normalized spacial score (nSPS) is 50.7. The molecule has 2 heterocycles. The Morgan fingerprint density at radius 3 is 2.46 bits per heavy atom. The molecule has 0 radical (unpaired) electrons. The number of ketones is 2. The summed E-state index contributed by atoms with van der Waals surface area (Å²) in [4.78, 5) is 27.5. The van der Waals surface area contributed by atoms with Crippen molar-refractivity contribution in [2.45, 2.75) is 113 Å². The topological polar surface area (TPSA) is 201 Å². The van der Waals surface area contributed by atoms with Gasteiger partial charge in [0.05, 0.1) is 42.9 Å². The van der Waals surface area contributed by atoms with Gasteiger partial charge in [-0.2, -0.15) is 0 Å². The number of aliphatic hydroxyl groups excluding tert-OH is 4. The Hall–Kier alpha value is -1.06. The van der Waals surface area contributed by atoms with Crippen molar-refractivity contribution < 1.29 is 49.3 Å². The highest BCUT2D eigenvalue weighted by Gasteiger charge is 2.60. The number of piperidine rings is 1. The first-order valence-electron chi connectivity index (χ1n) is 15.3. The first kappa shape index (κ1) is 31.4. The summed E-state index contributed by atoms with van der Waals surface area (Å²) in [5.41, 5.74) is 4.07. The Balaban J connectivity index is 1.33. The highest BCUT2D eigenvalue weighted by Crippen LogP contribution is 2.49. The average molecular weight is 585 g/mol. The van der Waals surface area contributed by atoms with Crippen LogP contribution in [0.25, 0.3) is 0 Å². The predicted molar refractivity (Wildman–Crippen MR) is 144 cm³/mol. The van der Waals surface area contributed by atoms with Gasteiger partial charge in [0.15, 0.2) is 6.29 Å². The van der Waals surface area contributed by atoms with Crippen molar-refractivity contribution in [2.75, 3.05) is 20.3 Å². The zero-order chi connectivity index (χ0) is 29.6. The third-order valence-electron chi connectivity index (χ3n) is 10.7. The van der Waals surface area contributed by atoms with Gasteiger partial charge in [-0.1, -0.05) is 6.92 Å². The molecule has 15 unspecified atom stereocenters. The number of carbonyl (C=O) groups is 2. The van der Waals surface area contributed by atoms with E-state index >= 15 is 0 Å². The van der Waals surface area contributed by atoms with Crippen molar-refractivity contribution in [1.29, 1.82) is 0 Å². The second-order valence-corrected chi connectivity index (χ2v) is 13.3. The summed E-state index contributed by atoms with van der Waals surface area (Å²) in [5, 5.41) is 57.8. The van der Waals surface area contributed by atoms with Gasteiger partial charge in [-0.25, -0.2) is 0 Å². The van der Waals surface area contributed by atoms with E-state index in [9.17, 15) is 35.1 Å². The van der Waals surface area contributed by atoms with Gasteiger partial charge in [0.25, 0.3) is 0 Å². The summed E-state index contributed by atoms with van der Waals surface area (Å²) in [7, 11) is 1.53. The minimum Gasteiger partial charge on any atom is -0.394 e. The number of ether oxygens (including phenoxy) is 3. The molecule has 12 nitrogen and oxygen atoms in total. The number of carbonyl (C=O) groups excluding carboxylic acids is 2. The molecule has 15 atom stereocenters. The summed E-state index contributed by atoms with van der Waals surface area (Å²) in [6.07, 6.45) is -4.68. The summed E-state index contributed by atoms with van der Waals surface area (Å²) in [6.45, 7) is 2.09. The minimum atomic E-state index is -1.93. The third kappa shape index (κ3) is 5.90. The average Bonchev–Trinajstić information content (AvgIpc) is 2.94. The third-order valence-corrected chi connectivity index (χ3v) is 10.7. The number of fused-ring (bicyclic) bond motifs is 2. The second kappa shape index (κ2) is 12.5. The van der Waals surface area contributed by atoms with E-state index in [0.717, 1.165) is 13.0 Å². The SMILES string of the molecule is COC1CC(OC2OC(CO)C(O)(CCC3CCNC(N)C3)C(O)C2O)C2C(=O)C3C(O)CC(C)CC3C(=O)C2C1. The fourth-order valence-electron chi connectivity index (χ4n) is 8.40. The number of hydrogen-bond donors (Lipinski definition) is 7. The van der Waals surface area contributed by atoms with Crippen molar-refractivity contribution in [3.05, 3.63) is 0 Å².